The average Bonchev–Trinajstić information content (AvgIpc) is 2.70. The number of carbonyl (C=O) groups is 1. The molecule has 4 aliphatic carbocycles. The van der Waals surface area contributed by atoms with Crippen LogP contribution in [0.3, 0.4) is 0 Å². The van der Waals surface area contributed by atoms with E-state index >= 15 is 0 Å². The molecule has 3 fully saturated rings. The highest BCUT2D eigenvalue weighted by Gasteiger charge is 2.62. The second kappa shape index (κ2) is 4.47. The summed E-state index contributed by atoms with van der Waals surface area (Å²) >= 11 is 0. The Morgan fingerprint density at radius 2 is 1.73 bits per heavy atom. The number of ketones is 1. The van der Waals surface area contributed by atoms with E-state index in [9.17, 15) is 9.90 Å². The highest BCUT2D eigenvalue weighted by atomic mass is 16.3. The van der Waals surface area contributed by atoms with E-state index < -0.39 is 5.60 Å². The molecule has 6 atom stereocenters. The lowest BCUT2D eigenvalue weighted by Gasteiger charge is -2.58. The maximum atomic E-state index is 11.8. The highest BCUT2D eigenvalue weighted by molar-refractivity contribution is 5.91. The van der Waals surface area contributed by atoms with Crippen LogP contribution in [0.1, 0.15) is 72.1 Å². The number of fused-ring (bicyclic) bond motifs is 5. The molecule has 0 aromatic carbocycles. The van der Waals surface area contributed by atoms with Gasteiger partial charge < -0.3 is 5.11 Å². The van der Waals surface area contributed by atoms with E-state index in [0.29, 0.717) is 11.7 Å². The van der Waals surface area contributed by atoms with E-state index in [-0.39, 0.29) is 10.8 Å². The predicted octanol–water partition coefficient (Wildman–Crippen LogP) is 4.27. The summed E-state index contributed by atoms with van der Waals surface area (Å²) in [5.74, 6) is 2.50. The molecule has 0 amide bonds. The van der Waals surface area contributed by atoms with Crippen LogP contribution in [-0.4, -0.2) is 16.5 Å². The van der Waals surface area contributed by atoms with Crippen molar-refractivity contribution < 1.29 is 9.90 Å². The number of hydrogen-bond donors (Lipinski definition) is 1. The number of rotatable bonds is 0. The Balaban J connectivity index is 1.70. The van der Waals surface area contributed by atoms with E-state index in [1.54, 1.807) is 0 Å². The Morgan fingerprint density at radius 1 is 1.00 bits per heavy atom. The standard InChI is InChI=1S/C20H30O2/c1-18-9-6-14(21)12-13(18)4-5-15-16(18)7-10-19(2)17(15)8-11-20(19,3)22/h12,15-17,22H,4-11H2,1-3H3/t15-,16+,17+,18-,19-,20+/m0/s1. The molecule has 2 nitrogen and oxygen atoms in total. The molecule has 1 N–H and O–H groups in total. The second-order valence-corrected chi connectivity index (χ2v) is 9.24. The molecule has 0 saturated heterocycles. The Labute approximate surface area is 134 Å². The molecular weight excluding hydrogens is 272 g/mol. The zero-order valence-electron chi connectivity index (χ0n) is 14.3. The topological polar surface area (TPSA) is 37.3 Å². The van der Waals surface area contributed by atoms with Crippen molar-refractivity contribution in [2.24, 2.45) is 28.6 Å². The van der Waals surface area contributed by atoms with E-state index in [4.69, 9.17) is 0 Å². The van der Waals surface area contributed by atoms with Crippen molar-refractivity contribution in [2.75, 3.05) is 0 Å². The van der Waals surface area contributed by atoms with Gasteiger partial charge in [-0.2, -0.15) is 0 Å². The van der Waals surface area contributed by atoms with Gasteiger partial charge in [-0.15, -0.1) is 0 Å². The van der Waals surface area contributed by atoms with Gasteiger partial charge >= 0.3 is 0 Å². The minimum absolute atomic E-state index is 0.107. The van der Waals surface area contributed by atoms with Crippen molar-refractivity contribution in [1.82, 2.24) is 0 Å². The number of aliphatic hydroxyl groups is 1. The molecule has 4 aliphatic rings. The second-order valence-electron chi connectivity index (χ2n) is 9.24. The van der Waals surface area contributed by atoms with Gasteiger partial charge in [0.25, 0.3) is 0 Å². The van der Waals surface area contributed by atoms with Crippen LogP contribution in [0.5, 0.6) is 0 Å². The minimum Gasteiger partial charge on any atom is -0.390 e. The van der Waals surface area contributed by atoms with Crippen LogP contribution in [0.25, 0.3) is 0 Å². The monoisotopic (exact) mass is 302 g/mol. The van der Waals surface area contributed by atoms with Crippen LogP contribution in [0.2, 0.25) is 0 Å². The van der Waals surface area contributed by atoms with E-state index in [1.165, 1.54) is 24.8 Å². The SMILES string of the molecule is C[C@]12CCC(=O)C=C1CC[C@H]1[C@H]2CC[C@@]2(C)[C@@H]1CC[C@@]2(C)O. The maximum Gasteiger partial charge on any atom is 0.155 e. The third-order valence-electron chi connectivity index (χ3n) is 8.52. The number of allylic oxidation sites excluding steroid dienone is 1. The molecule has 122 valence electrons. The quantitative estimate of drug-likeness (QED) is 0.725. The van der Waals surface area contributed by atoms with Crippen LogP contribution in [0, 0.1) is 28.6 Å². The zero-order chi connectivity index (χ0) is 15.8. The molecule has 0 unspecified atom stereocenters. The summed E-state index contributed by atoms with van der Waals surface area (Å²) < 4.78 is 0. The van der Waals surface area contributed by atoms with Crippen LogP contribution < -0.4 is 0 Å². The molecule has 2 heteroatoms. The summed E-state index contributed by atoms with van der Waals surface area (Å²) in [5.41, 5.74) is 1.32. The first-order valence-corrected chi connectivity index (χ1v) is 9.24. The lowest BCUT2D eigenvalue weighted by Crippen LogP contribution is -2.53. The summed E-state index contributed by atoms with van der Waals surface area (Å²) in [6.07, 6.45) is 10.7. The Kier molecular flexibility index (Phi) is 3.03. The first kappa shape index (κ1) is 14.9. The molecule has 0 aliphatic heterocycles. The summed E-state index contributed by atoms with van der Waals surface area (Å²) in [7, 11) is 0. The van der Waals surface area contributed by atoms with Gasteiger partial charge in [0.1, 0.15) is 0 Å². The summed E-state index contributed by atoms with van der Waals surface area (Å²) in [6.45, 7) is 6.85. The van der Waals surface area contributed by atoms with Crippen molar-refractivity contribution in [3.8, 4) is 0 Å². The van der Waals surface area contributed by atoms with Crippen LogP contribution in [-0.2, 0) is 4.79 Å². The normalized spacial score (nSPS) is 54.3. The summed E-state index contributed by atoms with van der Waals surface area (Å²) in [5, 5.41) is 10.9. The molecule has 3 saturated carbocycles. The first-order chi connectivity index (χ1) is 10.3. The van der Waals surface area contributed by atoms with Crippen molar-refractivity contribution in [1.29, 1.82) is 0 Å². The van der Waals surface area contributed by atoms with Gasteiger partial charge in [0.2, 0.25) is 0 Å². The van der Waals surface area contributed by atoms with E-state index in [2.05, 4.69) is 20.8 Å². The molecule has 22 heavy (non-hydrogen) atoms. The van der Waals surface area contributed by atoms with Gasteiger partial charge in [0, 0.05) is 6.42 Å². The molecule has 0 aromatic rings. The van der Waals surface area contributed by atoms with Crippen molar-refractivity contribution >= 4 is 5.78 Å². The van der Waals surface area contributed by atoms with E-state index in [0.717, 1.165) is 43.9 Å². The van der Waals surface area contributed by atoms with E-state index in [1.807, 2.05) is 6.08 Å². The number of carbonyl (C=O) groups excluding carboxylic acids is 1. The molecule has 0 spiro atoms. The van der Waals surface area contributed by atoms with Gasteiger partial charge in [-0.3, -0.25) is 4.79 Å². The smallest absolute Gasteiger partial charge is 0.155 e. The third-order valence-corrected chi connectivity index (χ3v) is 8.52. The minimum atomic E-state index is -0.484. The first-order valence-electron chi connectivity index (χ1n) is 9.24. The van der Waals surface area contributed by atoms with Gasteiger partial charge in [0.15, 0.2) is 5.78 Å². The fourth-order valence-corrected chi connectivity index (χ4v) is 6.80. The van der Waals surface area contributed by atoms with Gasteiger partial charge in [0.05, 0.1) is 5.60 Å². The predicted molar refractivity (Wildman–Crippen MR) is 87.3 cm³/mol. The Hall–Kier alpha value is -0.630. The Morgan fingerprint density at radius 3 is 2.50 bits per heavy atom. The molecule has 0 aromatic heterocycles. The fraction of sp³-hybridized carbons (Fsp3) is 0.850. The van der Waals surface area contributed by atoms with Crippen LogP contribution in [0.15, 0.2) is 11.6 Å². The molecule has 0 bridgehead atoms. The molecule has 4 rings (SSSR count). The van der Waals surface area contributed by atoms with Gasteiger partial charge in [-0.05, 0) is 86.5 Å². The zero-order valence-corrected chi connectivity index (χ0v) is 14.3. The van der Waals surface area contributed by atoms with Crippen LogP contribution in [0.4, 0.5) is 0 Å². The lowest BCUT2D eigenvalue weighted by molar-refractivity contribution is -0.124. The molecule has 0 radical (unpaired) electrons. The summed E-state index contributed by atoms with van der Waals surface area (Å²) in [6, 6.07) is 0. The fourth-order valence-electron chi connectivity index (χ4n) is 6.80. The average molecular weight is 302 g/mol. The maximum absolute atomic E-state index is 11.8. The highest BCUT2D eigenvalue weighted by Crippen LogP contribution is 2.67. The van der Waals surface area contributed by atoms with Crippen molar-refractivity contribution in [3.05, 3.63) is 11.6 Å². The van der Waals surface area contributed by atoms with Crippen LogP contribution >= 0.6 is 0 Å². The summed E-state index contributed by atoms with van der Waals surface area (Å²) in [4.78, 5) is 11.8. The van der Waals surface area contributed by atoms with Gasteiger partial charge in [-0.25, -0.2) is 0 Å². The molecular formula is C20H30O2. The third kappa shape index (κ3) is 1.74. The van der Waals surface area contributed by atoms with Crippen molar-refractivity contribution in [2.45, 2.75) is 77.7 Å². The largest absolute Gasteiger partial charge is 0.390 e. The van der Waals surface area contributed by atoms with Gasteiger partial charge in [-0.1, -0.05) is 19.4 Å². The lowest BCUT2D eigenvalue weighted by atomic mass is 9.46. The molecule has 0 heterocycles. The number of hydrogen-bond acceptors (Lipinski definition) is 2. The Bertz CT molecular complexity index is 546. The van der Waals surface area contributed by atoms with Crippen molar-refractivity contribution in [3.63, 3.8) is 0 Å².